The molecule has 1 heterocycles. The second kappa shape index (κ2) is 8.86. The number of hydrogen-bond acceptors (Lipinski definition) is 8. The van der Waals surface area contributed by atoms with Crippen LogP contribution in [0.15, 0.2) is 35.4 Å². The molecule has 0 unspecified atom stereocenters. The number of hydrogen-bond donors (Lipinski definition) is 4. The van der Waals surface area contributed by atoms with Gasteiger partial charge in [-0.2, -0.15) is 4.98 Å². The van der Waals surface area contributed by atoms with E-state index in [9.17, 15) is 18.0 Å². The summed E-state index contributed by atoms with van der Waals surface area (Å²) in [4.78, 5) is 31.8. The molecule has 0 aliphatic rings. The van der Waals surface area contributed by atoms with Crippen molar-refractivity contribution >= 4 is 39.1 Å². The van der Waals surface area contributed by atoms with Gasteiger partial charge in [0, 0.05) is 18.1 Å². The SMILES string of the molecule is CC(C)C[C@@H](Nc1ncc(C(N)=O)c(Nc2cccc(S(C)(=O)=O)c2)n1)C(N)=O. The maximum absolute atomic E-state index is 11.8. The molecule has 0 saturated heterocycles. The van der Waals surface area contributed by atoms with Crippen LogP contribution < -0.4 is 22.1 Å². The smallest absolute Gasteiger partial charge is 0.254 e. The van der Waals surface area contributed by atoms with Gasteiger partial charge in [0.2, 0.25) is 11.9 Å². The molecule has 0 spiro atoms. The topological polar surface area (TPSA) is 170 Å². The number of nitrogens with two attached hydrogens (primary N) is 2. The van der Waals surface area contributed by atoms with Crippen molar-refractivity contribution in [3.8, 4) is 0 Å². The average molecular weight is 420 g/mol. The highest BCUT2D eigenvalue weighted by atomic mass is 32.2. The molecule has 10 nitrogen and oxygen atoms in total. The van der Waals surface area contributed by atoms with Crippen molar-refractivity contribution in [3.63, 3.8) is 0 Å². The maximum atomic E-state index is 11.8. The summed E-state index contributed by atoms with van der Waals surface area (Å²) >= 11 is 0. The quantitative estimate of drug-likeness (QED) is 0.466. The number of amides is 2. The number of nitrogens with zero attached hydrogens (tertiary/aromatic N) is 2. The van der Waals surface area contributed by atoms with Gasteiger partial charge in [-0.25, -0.2) is 13.4 Å². The van der Waals surface area contributed by atoms with E-state index in [4.69, 9.17) is 11.5 Å². The van der Waals surface area contributed by atoms with Gasteiger partial charge in [0.05, 0.1) is 4.90 Å². The lowest BCUT2D eigenvalue weighted by molar-refractivity contribution is -0.119. The predicted octanol–water partition coefficient (Wildman–Crippen LogP) is 1.03. The van der Waals surface area contributed by atoms with Gasteiger partial charge in [0.25, 0.3) is 5.91 Å². The summed E-state index contributed by atoms with van der Waals surface area (Å²) in [5.74, 6) is -1.00. The fourth-order valence-corrected chi connectivity index (χ4v) is 3.21. The van der Waals surface area contributed by atoms with Gasteiger partial charge in [0.15, 0.2) is 9.84 Å². The summed E-state index contributed by atoms with van der Waals surface area (Å²) in [6.07, 6.45) is 2.77. The molecule has 2 aromatic rings. The first-order valence-corrected chi connectivity index (χ1v) is 10.7. The molecule has 2 amide bonds. The zero-order chi connectivity index (χ0) is 21.8. The van der Waals surface area contributed by atoms with Crippen LogP contribution >= 0.6 is 0 Å². The first-order chi connectivity index (χ1) is 13.5. The van der Waals surface area contributed by atoms with E-state index in [2.05, 4.69) is 20.6 Å². The largest absolute Gasteiger partial charge is 0.368 e. The Morgan fingerprint density at radius 3 is 2.45 bits per heavy atom. The van der Waals surface area contributed by atoms with Gasteiger partial charge in [-0.15, -0.1) is 0 Å². The van der Waals surface area contributed by atoms with Gasteiger partial charge < -0.3 is 22.1 Å². The van der Waals surface area contributed by atoms with Gasteiger partial charge in [-0.1, -0.05) is 19.9 Å². The number of sulfone groups is 1. The van der Waals surface area contributed by atoms with E-state index in [0.29, 0.717) is 12.1 Å². The Balaban J connectivity index is 2.39. The van der Waals surface area contributed by atoms with Crippen molar-refractivity contribution in [2.24, 2.45) is 17.4 Å². The first kappa shape index (κ1) is 22.1. The van der Waals surface area contributed by atoms with E-state index < -0.39 is 27.7 Å². The Kier molecular flexibility index (Phi) is 6.75. The molecule has 156 valence electrons. The fourth-order valence-electron chi connectivity index (χ4n) is 2.54. The van der Waals surface area contributed by atoms with Crippen LogP contribution in [-0.4, -0.2) is 42.5 Å². The number of benzene rings is 1. The second-order valence-electron chi connectivity index (χ2n) is 6.97. The summed E-state index contributed by atoms with van der Waals surface area (Å²) < 4.78 is 23.5. The van der Waals surface area contributed by atoms with Crippen molar-refractivity contribution < 1.29 is 18.0 Å². The standard InChI is InChI=1S/C18H24N6O4S/c1-10(2)7-14(16(20)26)23-18-21-9-13(15(19)25)17(24-18)22-11-5-4-6-12(8-11)29(3,27)28/h4-6,8-10,14H,7H2,1-3H3,(H2,19,25)(H2,20,26)(H2,21,22,23,24)/t14-/m1/s1. The highest BCUT2D eigenvalue weighted by Gasteiger charge is 2.20. The van der Waals surface area contributed by atoms with Gasteiger partial charge in [0.1, 0.15) is 17.4 Å². The number of rotatable bonds is 9. The van der Waals surface area contributed by atoms with E-state index in [1.165, 1.54) is 18.3 Å². The van der Waals surface area contributed by atoms with Crippen molar-refractivity contribution in [1.82, 2.24) is 9.97 Å². The number of aromatic nitrogens is 2. The van der Waals surface area contributed by atoms with Crippen LogP contribution in [0.1, 0.15) is 30.6 Å². The molecule has 0 fully saturated rings. The Bertz CT molecular complexity index is 1020. The molecule has 11 heteroatoms. The Hall–Kier alpha value is -3.21. The molecule has 1 aromatic carbocycles. The first-order valence-electron chi connectivity index (χ1n) is 8.77. The summed E-state index contributed by atoms with van der Waals surface area (Å²) in [5.41, 5.74) is 11.2. The van der Waals surface area contributed by atoms with Crippen molar-refractivity contribution in [2.45, 2.75) is 31.2 Å². The second-order valence-corrected chi connectivity index (χ2v) is 8.99. The van der Waals surface area contributed by atoms with Gasteiger partial charge >= 0.3 is 0 Å². The lowest BCUT2D eigenvalue weighted by atomic mass is 10.0. The van der Waals surface area contributed by atoms with Crippen LogP contribution in [0.3, 0.4) is 0 Å². The third-order valence-corrected chi connectivity index (χ3v) is 5.04. The molecule has 0 bridgehead atoms. The number of primary amides is 2. The maximum Gasteiger partial charge on any atom is 0.254 e. The lowest BCUT2D eigenvalue weighted by Crippen LogP contribution is -2.37. The number of nitrogens with one attached hydrogen (secondary N) is 2. The molecule has 29 heavy (non-hydrogen) atoms. The summed E-state index contributed by atoms with van der Waals surface area (Å²) in [6.45, 7) is 3.88. The van der Waals surface area contributed by atoms with Crippen molar-refractivity contribution in [3.05, 3.63) is 36.0 Å². The molecule has 0 radical (unpaired) electrons. The Morgan fingerprint density at radius 1 is 1.21 bits per heavy atom. The van der Waals surface area contributed by atoms with E-state index in [-0.39, 0.29) is 28.1 Å². The van der Waals surface area contributed by atoms with E-state index in [1.807, 2.05) is 13.8 Å². The van der Waals surface area contributed by atoms with Crippen molar-refractivity contribution in [2.75, 3.05) is 16.9 Å². The minimum atomic E-state index is -3.42. The van der Waals surface area contributed by atoms with Gasteiger partial charge in [-0.05, 0) is 30.5 Å². The molecule has 0 saturated carbocycles. The summed E-state index contributed by atoms with van der Waals surface area (Å²) in [5, 5.41) is 5.73. The zero-order valence-corrected chi connectivity index (χ0v) is 17.2. The molecule has 2 rings (SSSR count). The molecule has 0 aliphatic carbocycles. The molecule has 0 aliphatic heterocycles. The van der Waals surface area contributed by atoms with Crippen molar-refractivity contribution in [1.29, 1.82) is 0 Å². The molecular weight excluding hydrogens is 396 g/mol. The average Bonchev–Trinajstić information content (AvgIpc) is 2.60. The van der Waals surface area contributed by atoms with Gasteiger partial charge in [-0.3, -0.25) is 9.59 Å². The predicted molar refractivity (Wildman–Crippen MR) is 109 cm³/mol. The van der Waals surface area contributed by atoms with Crippen LogP contribution in [0, 0.1) is 5.92 Å². The minimum Gasteiger partial charge on any atom is -0.368 e. The lowest BCUT2D eigenvalue weighted by Gasteiger charge is -2.18. The minimum absolute atomic E-state index is 0.000191. The van der Waals surface area contributed by atoms with E-state index >= 15 is 0 Å². The molecular formula is C18H24N6O4S. The van der Waals surface area contributed by atoms with E-state index in [1.54, 1.807) is 12.1 Å². The summed E-state index contributed by atoms with van der Waals surface area (Å²) in [7, 11) is -3.42. The van der Waals surface area contributed by atoms with Crippen LogP contribution in [0.5, 0.6) is 0 Å². The molecule has 1 aromatic heterocycles. The Morgan fingerprint density at radius 2 is 1.90 bits per heavy atom. The fraction of sp³-hybridized carbons (Fsp3) is 0.333. The van der Waals surface area contributed by atoms with Crippen LogP contribution in [0.4, 0.5) is 17.5 Å². The highest BCUT2D eigenvalue weighted by molar-refractivity contribution is 7.90. The zero-order valence-electron chi connectivity index (χ0n) is 16.3. The highest BCUT2D eigenvalue weighted by Crippen LogP contribution is 2.22. The third kappa shape index (κ3) is 6.14. The number of carbonyl (C=O) groups excluding carboxylic acids is 2. The van der Waals surface area contributed by atoms with Crippen LogP contribution in [-0.2, 0) is 14.6 Å². The third-order valence-electron chi connectivity index (χ3n) is 3.93. The van der Waals surface area contributed by atoms with E-state index in [0.717, 1.165) is 6.26 Å². The van der Waals surface area contributed by atoms with Crippen LogP contribution in [0.2, 0.25) is 0 Å². The number of anilines is 3. The Labute approximate surface area is 169 Å². The molecule has 1 atom stereocenters. The van der Waals surface area contributed by atoms with Crippen LogP contribution in [0.25, 0.3) is 0 Å². The molecule has 6 N–H and O–H groups in total. The summed E-state index contributed by atoms with van der Waals surface area (Å²) in [6, 6.07) is 5.32. The normalized spacial score (nSPS) is 12.4. The monoisotopic (exact) mass is 420 g/mol. The number of carbonyl (C=O) groups is 2.